The lowest BCUT2D eigenvalue weighted by molar-refractivity contribution is -0.137. The predicted octanol–water partition coefficient (Wildman–Crippen LogP) is 0.608. The van der Waals surface area contributed by atoms with Crippen LogP contribution in [0.15, 0.2) is 0 Å². The van der Waals surface area contributed by atoms with Crippen LogP contribution in [0.4, 0.5) is 4.79 Å². The van der Waals surface area contributed by atoms with Gasteiger partial charge in [0.2, 0.25) is 0 Å². The number of carboxylic acids is 1. The summed E-state index contributed by atoms with van der Waals surface area (Å²) >= 11 is 1.82. The Morgan fingerprint density at radius 2 is 2.33 bits per heavy atom. The van der Waals surface area contributed by atoms with Gasteiger partial charge in [-0.3, -0.25) is 4.79 Å². The van der Waals surface area contributed by atoms with Gasteiger partial charge in [0, 0.05) is 18.8 Å². The number of urea groups is 1. The minimum atomic E-state index is -0.995. The van der Waals surface area contributed by atoms with Crippen LogP contribution in [-0.4, -0.2) is 53.1 Å². The quantitative estimate of drug-likeness (QED) is 0.748. The number of rotatable bonds is 3. The van der Waals surface area contributed by atoms with Crippen molar-refractivity contribution < 1.29 is 14.7 Å². The van der Waals surface area contributed by atoms with E-state index in [1.54, 1.807) is 0 Å². The molecule has 1 aliphatic heterocycles. The van der Waals surface area contributed by atoms with Crippen LogP contribution in [0.5, 0.6) is 0 Å². The fourth-order valence-electron chi connectivity index (χ4n) is 1.41. The van der Waals surface area contributed by atoms with Crippen molar-refractivity contribution in [1.82, 2.24) is 10.2 Å². The van der Waals surface area contributed by atoms with E-state index in [-0.39, 0.29) is 18.6 Å². The smallest absolute Gasteiger partial charge is 0.323 e. The molecule has 2 amide bonds. The molecule has 0 aromatic rings. The Kier molecular flexibility index (Phi) is 4.74. The molecule has 0 aromatic carbocycles. The molecule has 1 fully saturated rings. The first kappa shape index (κ1) is 12.2. The topological polar surface area (TPSA) is 69.6 Å². The summed E-state index contributed by atoms with van der Waals surface area (Å²) in [5.41, 5.74) is 0. The zero-order valence-corrected chi connectivity index (χ0v) is 9.55. The number of nitrogens with zero attached hydrogens (tertiary/aromatic N) is 1. The molecular weight excluding hydrogens is 216 g/mol. The van der Waals surface area contributed by atoms with Gasteiger partial charge in [0.15, 0.2) is 0 Å². The van der Waals surface area contributed by atoms with E-state index in [2.05, 4.69) is 5.32 Å². The molecule has 0 aromatic heterocycles. The van der Waals surface area contributed by atoms with Crippen LogP contribution in [0.3, 0.4) is 0 Å². The standard InChI is InChI=1S/C9H16N2O3S/c1-11(5-8(12)13)9(14)10-7-3-2-4-15-6-7/h7H,2-6H2,1H3,(H,10,14)(H,12,13). The van der Waals surface area contributed by atoms with Crippen LogP contribution in [0.2, 0.25) is 0 Å². The molecule has 1 atom stereocenters. The summed E-state index contributed by atoms with van der Waals surface area (Å²) in [7, 11) is 1.49. The Bertz CT molecular complexity index is 242. The fraction of sp³-hybridized carbons (Fsp3) is 0.778. The lowest BCUT2D eigenvalue weighted by atomic mass is 10.2. The van der Waals surface area contributed by atoms with E-state index in [1.807, 2.05) is 11.8 Å². The monoisotopic (exact) mass is 232 g/mol. The molecule has 15 heavy (non-hydrogen) atoms. The summed E-state index contributed by atoms with van der Waals surface area (Å²) in [6.45, 7) is -0.258. The highest BCUT2D eigenvalue weighted by Crippen LogP contribution is 2.16. The van der Waals surface area contributed by atoms with Crippen molar-refractivity contribution in [3.05, 3.63) is 0 Å². The molecule has 0 bridgehead atoms. The molecule has 1 heterocycles. The molecule has 1 saturated heterocycles. The number of hydrogen-bond acceptors (Lipinski definition) is 3. The van der Waals surface area contributed by atoms with E-state index in [1.165, 1.54) is 11.9 Å². The van der Waals surface area contributed by atoms with Crippen LogP contribution in [0.1, 0.15) is 12.8 Å². The van der Waals surface area contributed by atoms with E-state index >= 15 is 0 Å². The average Bonchev–Trinajstić information content (AvgIpc) is 2.18. The Hall–Kier alpha value is -0.910. The molecule has 2 N–H and O–H groups in total. The van der Waals surface area contributed by atoms with Crippen molar-refractivity contribution >= 4 is 23.8 Å². The van der Waals surface area contributed by atoms with Crippen molar-refractivity contribution in [3.8, 4) is 0 Å². The van der Waals surface area contributed by atoms with Gasteiger partial charge in [-0.2, -0.15) is 11.8 Å². The van der Waals surface area contributed by atoms with Gasteiger partial charge in [-0.05, 0) is 18.6 Å². The van der Waals surface area contributed by atoms with Gasteiger partial charge >= 0.3 is 12.0 Å². The Morgan fingerprint density at radius 3 is 2.87 bits per heavy atom. The normalized spacial score (nSPS) is 20.7. The molecule has 1 unspecified atom stereocenters. The van der Waals surface area contributed by atoms with Crippen LogP contribution >= 0.6 is 11.8 Å². The molecule has 0 spiro atoms. The van der Waals surface area contributed by atoms with Crippen molar-refractivity contribution in [1.29, 1.82) is 0 Å². The number of hydrogen-bond donors (Lipinski definition) is 2. The predicted molar refractivity (Wildman–Crippen MR) is 59.1 cm³/mol. The Labute approximate surface area is 93.2 Å². The number of carbonyl (C=O) groups is 2. The number of amides is 2. The molecule has 1 rings (SSSR count). The second kappa shape index (κ2) is 5.85. The molecule has 0 radical (unpaired) electrons. The van der Waals surface area contributed by atoms with Gasteiger partial charge in [-0.25, -0.2) is 4.79 Å². The minimum Gasteiger partial charge on any atom is -0.480 e. The van der Waals surface area contributed by atoms with Crippen LogP contribution < -0.4 is 5.32 Å². The van der Waals surface area contributed by atoms with Gasteiger partial charge in [0.05, 0.1) is 0 Å². The van der Waals surface area contributed by atoms with Gasteiger partial charge in [0.1, 0.15) is 6.54 Å². The summed E-state index contributed by atoms with van der Waals surface area (Å²) in [4.78, 5) is 23.1. The average molecular weight is 232 g/mol. The van der Waals surface area contributed by atoms with E-state index in [4.69, 9.17) is 5.11 Å². The lowest BCUT2D eigenvalue weighted by Gasteiger charge is -2.25. The second-order valence-electron chi connectivity index (χ2n) is 3.61. The minimum absolute atomic E-state index is 0.187. The third-order valence-electron chi connectivity index (χ3n) is 2.21. The van der Waals surface area contributed by atoms with Crippen molar-refractivity contribution in [2.24, 2.45) is 0 Å². The van der Waals surface area contributed by atoms with E-state index in [9.17, 15) is 9.59 Å². The Balaban J connectivity index is 2.30. The summed E-state index contributed by atoms with van der Waals surface area (Å²) in [5.74, 6) is 1.08. The van der Waals surface area contributed by atoms with E-state index < -0.39 is 5.97 Å². The zero-order chi connectivity index (χ0) is 11.3. The molecular formula is C9H16N2O3S. The fourth-order valence-corrected chi connectivity index (χ4v) is 2.49. The summed E-state index contributed by atoms with van der Waals surface area (Å²) in [5, 5.41) is 11.3. The van der Waals surface area contributed by atoms with Crippen LogP contribution in [-0.2, 0) is 4.79 Å². The maximum absolute atomic E-state index is 11.5. The number of carboxylic acid groups (broad SMARTS) is 1. The maximum Gasteiger partial charge on any atom is 0.323 e. The second-order valence-corrected chi connectivity index (χ2v) is 4.76. The first-order chi connectivity index (χ1) is 7.09. The maximum atomic E-state index is 11.5. The highest BCUT2D eigenvalue weighted by atomic mass is 32.2. The van der Waals surface area contributed by atoms with Crippen molar-refractivity contribution in [3.63, 3.8) is 0 Å². The third-order valence-corrected chi connectivity index (χ3v) is 3.42. The summed E-state index contributed by atoms with van der Waals surface area (Å²) in [6, 6.07) is -0.114. The van der Waals surface area contributed by atoms with Gasteiger partial charge < -0.3 is 15.3 Å². The SMILES string of the molecule is CN(CC(=O)O)C(=O)NC1CCCSC1. The van der Waals surface area contributed by atoms with Gasteiger partial charge in [-0.15, -0.1) is 0 Å². The third kappa shape index (κ3) is 4.42. The number of likely N-dealkylation sites (N-methyl/N-ethyl adjacent to an activating group) is 1. The molecule has 5 nitrogen and oxygen atoms in total. The van der Waals surface area contributed by atoms with E-state index in [0.717, 1.165) is 24.3 Å². The highest BCUT2D eigenvalue weighted by molar-refractivity contribution is 7.99. The van der Waals surface area contributed by atoms with Crippen LogP contribution in [0.25, 0.3) is 0 Å². The molecule has 86 valence electrons. The van der Waals surface area contributed by atoms with Crippen molar-refractivity contribution in [2.45, 2.75) is 18.9 Å². The molecule has 1 aliphatic rings. The van der Waals surface area contributed by atoms with Crippen LogP contribution in [0, 0.1) is 0 Å². The molecule has 0 saturated carbocycles. The Morgan fingerprint density at radius 1 is 1.60 bits per heavy atom. The van der Waals surface area contributed by atoms with Gasteiger partial charge in [-0.1, -0.05) is 0 Å². The number of thioether (sulfide) groups is 1. The molecule has 6 heteroatoms. The number of carbonyl (C=O) groups excluding carboxylic acids is 1. The first-order valence-corrected chi connectivity index (χ1v) is 6.06. The molecule has 0 aliphatic carbocycles. The number of nitrogens with one attached hydrogen (secondary N) is 1. The lowest BCUT2D eigenvalue weighted by Crippen LogP contribution is -2.46. The van der Waals surface area contributed by atoms with Gasteiger partial charge in [0.25, 0.3) is 0 Å². The van der Waals surface area contributed by atoms with E-state index in [0.29, 0.717) is 0 Å². The summed E-state index contributed by atoms with van der Waals surface area (Å²) < 4.78 is 0. The first-order valence-electron chi connectivity index (χ1n) is 4.90. The zero-order valence-electron chi connectivity index (χ0n) is 8.73. The number of aliphatic carboxylic acids is 1. The van der Waals surface area contributed by atoms with Crippen molar-refractivity contribution in [2.75, 3.05) is 25.1 Å². The largest absolute Gasteiger partial charge is 0.480 e. The summed E-state index contributed by atoms with van der Waals surface area (Å²) in [6.07, 6.45) is 2.10. The highest BCUT2D eigenvalue weighted by Gasteiger charge is 2.18.